The van der Waals surface area contributed by atoms with Crippen molar-refractivity contribution in [2.24, 2.45) is 11.8 Å². The van der Waals surface area contributed by atoms with Crippen LogP contribution in [0.15, 0.2) is 16.6 Å². The van der Waals surface area contributed by atoms with Crippen molar-refractivity contribution in [2.45, 2.75) is 46.6 Å². The lowest BCUT2D eigenvalue weighted by atomic mass is 9.83. The van der Waals surface area contributed by atoms with Gasteiger partial charge in [0.2, 0.25) is 0 Å². The third-order valence-corrected chi connectivity index (χ3v) is 4.76. The number of nitrogens with one attached hydrogen (secondary N) is 1. The summed E-state index contributed by atoms with van der Waals surface area (Å²) in [6, 6.07) is 4.96. The molecule has 20 heavy (non-hydrogen) atoms. The molecule has 0 radical (unpaired) electrons. The third kappa shape index (κ3) is 3.56. The molecule has 2 rings (SSSR count). The molecule has 2 atom stereocenters. The maximum atomic E-state index is 5.86. The van der Waals surface area contributed by atoms with E-state index in [-0.39, 0.29) is 0 Å². The van der Waals surface area contributed by atoms with Gasteiger partial charge in [-0.3, -0.25) is 0 Å². The van der Waals surface area contributed by atoms with Crippen molar-refractivity contribution in [1.82, 2.24) is 5.32 Å². The Morgan fingerprint density at radius 3 is 2.70 bits per heavy atom. The molecule has 1 aromatic carbocycles. The Bertz CT molecular complexity index is 459. The maximum Gasteiger partial charge on any atom is 0.125 e. The molecule has 0 saturated carbocycles. The van der Waals surface area contributed by atoms with E-state index in [0.29, 0.717) is 17.9 Å². The van der Waals surface area contributed by atoms with E-state index in [0.717, 1.165) is 31.7 Å². The molecule has 1 N–H and O–H groups in total. The molecule has 0 amide bonds. The van der Waals surface area contributed by atoms with E-state index < -0.39 is 0 Å². The molecule has 0 spiro atoms. The van der Waals surface area contributed by atoms with Crippen LogP contribution in [-0.2, 0) is 12.8 Å². The van der Waals surface area contributed by atoms with E-state index in [1.807, 2.05) is 0 Å². The highest BCUT2D eigenvalue weighted by Gasteiger charge is 2.25. The van der Waals surface area contributed by atoms with Crippen LogP contribution in [0.2, 0.25) is 0 Å². The van der Waals surface area contributed by atoms with E-state index in [1.165, 1.54) is 15.6 Å². The van der Waals surface area contributed by atoms with Crippen LogP contribution in [0.1, 0.15) is 38.8 Å². The molecular formula is C17H26BrNO. The van der Waals surface area contributed by atoms with Crippen LogP contribution >= 0.6 is 15.9 Å². The molecule has 112 valence electrons. The van der Waals surface area contributed by atoms with Gasteiger partial charge in [-0.05, 0) is 55.0 Å². The normalized spacial score (nSPS) is 16.9. The van der Waals surface area contributed by atoms with Gasteiger partial charge in [-0.25, -0.2) is 0 Å². The molecule has 0 bridgehead atoms. The van der Waals surface area contributed by atoms with Crippen LogP contribution in [0.4, 0.5) is 0 Å². The molecule has 1 aromatic rings. The molecule has 2 nitrogen and oxygen atoms in total. The molecule has 2 unspecified atom stereocenters. The Morgan fingerprint density at radius 2 is 2.05 bits per heavy atom. The highest BCUT2D eigenvalue weighted by molar-refractivity contribution is 9.10. The van der Waals surface area contributed by atoms with Crippen LogP contribution in [0, 0.1) is 11.8 Å². The summed E-state index contributed by atoms with van der Waals surface area (Å²) in [7, 11) is 0. The first-order valence-electron chi connectivity index (χ1n) is 7.70. The second-order valence-corrected chi connectivity index (χ2v) is 7.03. The summed E-state index contributed by atoms with van der Waals surface area (Å²) in [5.74, 6) is 2.42. The molecule has 3 heteroatoms. The summed E-state index contributed by atoms with van der Waals surface area (Å²) in [6.45, 7) is 11.0. The van der Waals surface area contributed by atoms with Crippen LogP contribution in [0.5, 0.6) is 5.75 Å². The topological polar surface area (TPSA) is 21.3 Å². The lowest BCUT2D eigenvalue weighted by molar-refractivity contribution is 0.286. The summed E-state index contributed by atoms with van der Waals surface area (Å²) in [6.07, 6.45) is 2.12. The van der Waals surface area contributed by atoms with Crippen LogP contribution in [0.3, 0.4) is 0 Å². The van der Waals surface area contributed by atoms with Gasteiger partial charge in [-0.1, -0.05) is 36.7 Å². The molecule has 1 aliphatic rings. The van der Waals surface area contributed by atoms with Gasteiger partial charge in [-0.15, -0.1) is 0 Å². The minimum absolute atomic E-state index is 0.524. The Hall–Kier alpha value is -0.540. The first kappa shape index (κ1) is 15.8. The number of ether oxygens (including phenoxy) is 1. The van der Waals surface area contributed by atoms with Crippen molar-refractivity contribution in [3.05, 3.63) is 27.7 Å². The smallest absolute Gasteiger partial charge is 0.125 e. The number of benzene rings is 1. The van der Waals surface area contributed by atoms with Gasteiger partial charge in [-0.2, -0.15) is 0 Å². The standard InChI is InChI=1S/C17H26BrNO/c1-5-19-12(4)16(11(2)3)10-14-9-15(18)8-13-6-7-20-17(13)14/h8-9,11-12,16,19H,5-7,10H2,1-4H3. The number of hydrogen-bond donors (Lipinski definition) is 1. The molecule has 0 saturated heterocycles. The van der Waals surface area contributed by atoms with Gasteiger partial charge < -0.3 is 10.1 Å². The zero-order valence-corrected chi connectivity index (χ0v) is 14.6. The fourth-order valence-corrected chi connectivity index (χ4v) is 3.77. The first-order chi connectivity index (χ1) is 9.52. The van der Waals surface area contributed by atoms with Crippen molar-refractivity contribution < 1.29 is 4.74 Å². The molecule has 0 fully saturated rings. The predicted molar refractivity (Wildman–Crippen MR) is 88.5 cm³/mol. The number of rotatable bonds is 6. The fraction of sp³-hybridized carbons (Fsp3) is 0.647. The number of hydrogen-bond acceptors (Lipinski definition) is 2. The molecule has 0 aliphatic carbocycles. The van der Waals surface area contributed by atoms with Crippen LogP contribution in [0.25, 0.3) is 0 Å². The highest BCUT2D eigenvalue weighted by Crippen LogP contribution is 2.35. The van der Waals surface area contributed by atoms with Gasteiger partial charge in [0, 0.05) is 16.9 Å². The van der Waals surface area contributed by atoms with Gasteiger partial charge >= 0.3 is 0 Å². The first-order valence-corrected chi connectivity index (χ1v) is 8.49. The fourth-order valence-electron chi connectivity index (χ4n) is 3.21. The maximum absolute atomic E-state index is 5.86. The van der Waals surface area contributed by atoms with Crippen molar-refractivity contribution in [1.29, 1.82) is 0 Å². The minimum Gasteiger partial charge on any atom is -0.493 e. The summed E-state index contributed by atoms with van der Waals surface area (Å²) >= 11 is 3.64. The van der Waals surface area contributed by atoms with Crippen molar-refractivity contribution in [2.75, 3.05) is 13.2 Å². The zero-order chi connectivity index (χ0) is 14.7. The monoisotopic (exact) mass is 339 g/mol. The SMILES string of the molecule is CCNC(C)C(Cc1cc(Br)cc2c1OCC2)C(C)C. The third-order valence-electron chi connectivity index (χ3n) is 4.31. The Kier molecular flexibility index (Phi) is 5.50. The second-order valence-electron chi connectivity index (χ2n) is 6.11. The zero-order valence-electron chi connectivity index (χ0n) is 13.0. The largest absolute Gasteiger partial charge is 0.493 e. The average molecular weight is 340 g/mol. The summed E-state index contributed by atoms with van der Waals surface area (Å²) in [4.78, 5) is 0. The average Bonchev–Trinajstić information content (AvgIpc) is 2.83. The van der Waals surface area contributed by atoms with Gasteiger partial charge in [0.1, 0.15) is 5.75 Å². The van der Waals surface area contributed by atoms with Gasteiger partial charge in [0.05, 0.1) is 6.61 Å². The van der Waals surface area contributed by atoms with Crippen LogP contribution in [-0.4, -0.2) is 19.2 Å². The van der Waals surface area contributed by atoms with E-state index >= 15 is 0 Å². The Morgan fingerprint density at radius 1 is 1.30 bits per heavy atom. The predicted octanol–water partition coefficient (Wildman–Crippen LogP) is 4.20. The Labute approximate surface area is 131 Å². The van der Waals surface area contributed by atoms with Crippen molar-refractivity contribution in [3.63, 3.8) is 0 Å². The highest BCUT2D eigenvalue weighted by atomic mass is 79.9. The molecule has 0 aromatic heterocycles. The van der Waals surface area contributed by atoms with E-state index in [1.54, 1.807) is 0 Å². The summed E-state index contributed by atoms with van der Waals surface area (Å²) in [5.41, 5.74) is 2.71. The minimum atomic E-state index is 0.524. The molecule has 1 heterocycles. The quantitative estimate of drug-likeness (QED) is 0.838. The lowest BCUT2D eigenvalue weighted by Gasteiger charge is -2.29. The summed E-state index contributed by atoms with van der Waals surface area (Å²) in [5, 5.41) is 3.58. The Balaban J connectivity index is 2.23. The second kappa shape index (κ2) is 6.95. The lowest BCUT2D eigenvalue weighted by Crippen LogP contribution is -2.37. The number of halogens is 1. The molecular weight excluding hydrogens is 314 g/mol. The van der Waals surface area contributed by atoms with E-state index in [4.69, 9.17) is 4.74 Å². The van der Waals surface area contributed by atoms with E-state index in [2.05, 4.69) is 61.1 Å². The van der Waals surface area contributed by atoms with Crippen molar-refractivity contribution in [3.8, 4) is 5.75 Å². The molecule has 1 aliphatic heterocycles. The van der Waals surface area contributed by atoms with Gasteiger partial charge in [0.25, 0.3) is 0 Å². The van der Waals surface area contributed by atoms with Crippen LogP contribution < -0.4 is 10.1 Å². The van der Waals surface area contributed by atoms with Gasteiger partial charge in [0.15, 0.2) is 0 Å². The summed E-state index contributed by atoms with van der Waals surface area (Å²) < 4.78 is 7.04. The number of fused-ring (bicyclic) bond motifs is 1. The van der Waals surface area contributed by atoms with E-state index in [9.17, 15) is 0 Å². The van der Waals surface area contributed by atoms with Crippen molar-refractivity contribution >= 4 is 15.9 Å².